The summed E-state index contributed by atoms with van der Waals surface area (Å²) in [6.45, 7) is 3.36. The Labute approximate surface area is 240 Å². The van der Waals surface area contributed by atoms with Gasteiger partial charge in [-0.2, -0.15) is 0 Å². The maximum Gasteiger partial charge on any atom is 0.264 e. The van der Waals surface area contributed by atoms with Gasteiger partial charge in [0.1, 0.15) is 6.54 Å². The summed E-state index contributed by atoms with van der Waals surface area (Å²) >= 11 is 1.73. The Balaban J connectivity index is 1.55. The molecular formula is C31H32N2O5S2. The highest BCUT2D eigenvalue weighted by Crippen LogP contribution is 2.33. The summed E-state index contributed by atoms with van der Waals surface area (Å²) in [6.07, 6.45) is 0. The highest BCUT2D eigenvalue weighted by atomic mass is 32.2. The maximum absolute atomic E-state index is 13.9. The van der Waals surface area contributed by atoms with Crippen molar-refractivity contribution in [2.45, 2.75) is 29.4 Å². The third-order valence-corrected chi connectivity index (χ3v) is 8.96. The van der Waals surface area contributed by atoms with Crippen LogP contribution in [-0.4, -0.2) is 35.1 Å². The lowest BCUT2D eigenvalue weighted by Crippen LogP contribution is -2.38. The molecule has 0 saturated carbocycles. The molecule has 208 valence electrons. The van der Waals surface area contributed by atoms with Gasteiger partial charge in [-0.05, 0) is 79.1 Å². The van der Waals surface area contributed by atoms with Crippen LogP contribution in [0.1, 0.15) is 16.7 Å². The van der Waals surface area contributed by atoms with Crippen molar-refractivity contribution >= 4 is 39.1 Å². The van der Waals surface area contributed by atoms with Crippen molar-refractivity contribution in [3.8, 4) is 11.5 Å². The number of hydrogen-bond donors (Lipinski definition) is 1. The number of aryl methyl sites for hydroxylation is 2. The fourth-order valence-electron chi connectivity index (χ4n) is 4.21. The fourth-order valence-corrected chi connectivity index (χ4v) is 6.51. The van der Waals surface area contributed by atoms with Crippen LogP contribution in [-0.2, 0) is 20.6 Å². The number of benzene rings is 4. The highest BCUT2D eigenvalue weighted by Gasteiger charge is 2.29. The number of anilines is 2. The maximum atomic E-state index is 13.9. The zero-order chi connectivity index (χ0) is 28.7. The van der Waals surface area contributed by atoms with Crippen molar-refractivity contribution in [1.82, 2.24) is 0 Å². The zero-order valence-electron chi connectivity index (χ0n) is 22.9. The largest absolute Gasteiger partial charge is 0.493 e. The summed E-state index contributed by atoms with van der Waals surface area (Å²) in [5.74, 6) is 1.01. The molecule has 0 spiro atoms. The van der Waals surface area contributed by atoms with Crippen LogP contribution in [0.3, 0.4) is 0 Å². The quantitative estimate of drug-likeness (QED) is 0.207. The van der Waals surface area contributed by atoms with Gasteiger partial charge in [-0.25, -0.2) is 8.42 Å². The van der Waals surface area contributed by atoms with E-state index in [0.29, 0.717) is 17.1 Å². The Morgan fingerprint density at radius 1 is 0.825 bits per heavy atom. The first-order valence-electron chi connectivity index (χ1n) is 12.6. The van der Waals surface area contributed by atoms with Crippen molar-refractivity contribution < 1.29 is 22.7 Å². The molecule has 0 heterocycles. The minimum absolute atomic E-state index is 0.0163. The first-order chi connectivity index (χ1) is 19.2. The number of sulfonamides is 1. The Kier molecular flexibility index (Phi) is 9.39. The lowest BCUT2D eigenvalue weighted by molar-refractivity contribution is -0.114. The number of rotatable bonds is 11. The molecule has 0 saturated heterocycles. The zero-order valence-corrected chi connectivity index (χ0v) is 24.5. The van der Waals surface area contributed by atoms with Crippen LogP contribution in [0.25, 0.3) is 0 Å². The van der Waals surface area contributed by atoms with E-state index in [1.54, 1.807) is 23.9 Å². The number of nitrogens with zero attached hydrogens (tertiary/aromatic N) is 1. The van der Waals surface area contributed by atoms with Gasteiger partial charge in [-0.1, -0.05) is 36.4 Å². The second kappa shape index (κ2) is 12.9. The second-order valence-corrected chi connectivity index (χ2v) is 12.1. The van der Waals surface area contributed by atoms with Crippen molar-refractivity contribution in [3.05, 3.63) is 108 Å². The average molecular weight is 577 g/mol. The van der Waals surface area contributed by atoms with Crippen LogP contribution >= 0.6 is 11.8 Å². The molecule has 1 amide bonds. The number of thioether (sulfide) groups is 1. The number of nitrogens with one attached hydrogen (secondary N) is 1. The van der Waals surface area contributed by atoms with Gasteiger partial charge < -0.3 is 14.8 Å². The number of ether oxygens (including phenoxy) is 2. The van der Waals surface area contributed by atoms with Crippen LogP contribution < -0.4 is 19.1 Å². The molecule has 1 N–H and O–H groups in total. The molecule has 0 aromatic heterocycles. The molecule has 4 aromatic carbocycles. The molecule has 0 radical (unpaired) electrons. The summed E-state index contributed by atoms with van der Waals surface area (Å²) < 4.78 is 39.5. The van der Waals surface area contributed by atoms with Gasteiger partial charge in [0, 0.05) is 22.4 Å². The van der Waals surface area contributed by atoms with E-state index in [1.807, 2.05) is 62.4 Å². The second-order valence-electron chi connectivity index (χ2n) is 9.22. The number of methoxy groups -OCH3 is 2. The van der Waals surface area contributed by atoms with Crippen LogP contribution in [0.2, 0.25) is 0 Å². The van der Waals surface area contributed by atoms with Gasteiger partial charge in [-0.15, -0.1) is 11.8 Å². The van der Waals surface area contributed by atoms with Gasteiger partial charge in [-0.3, -0.25) is 9.10 Å². The molecule has 0 bridgehead atoms. The van der Waals surface area contributed by atoms with Crippen molar-refractivity contribution in [3.63, 3.8) is 0 Å². The molecule has 4 aromatic rings. The summed E-state index contributed by atoms with van der Waals surface area (Å²) in [5.41, 5.74) is 3.86. The molecule has 0 aliphatic rings. The van der Waals surface area contributed by atoms with Crippen LogP contribution in [0, 0.1) is 13.8 Å². The van der Waals surface area contributed by atoms with Crippen LogP contribution in [0.5, 0.6) is 11.5 Å². The lowest BCUT2D eigenvalue weighted by Gasteiger charge is -2.25. The number of hydrogen-bond acceptors (Lipinski definition) is 6. The minimum Gasteiger partial charge on any atom is -0.493 e. The Bertz CT molecular complexity index is 1550. The third kappa shape index (κ3) is 7.16. The summed E-state index contributed by atoms with van der Waals surface area (Å²) in [4.78, 5) is 14.4. The first-order valence-corrected chi connectivity index (χ1v) is 15.0. The smallest absolute Gasteiger partial charge is 0.264 e. The van der Waals surface area contributed by atoms with E-state index >= 15 is 0 Å². The molecule has 0 atom stereocenters. The summed E-state index contributed by atoms with van der Waals surface area (Å²) in [6, 6.07) is 27.5. The Hall–Kier alpha value is -3.95. The molecule has 0 aliphatic carbocycles. The standard InChI is InChI=1S/C31H32N2O5S2/c1-22-16-23(2)18-26(17-22)33(40(35,36)28-14-15-29(37-3)30(19-28)38-4)20-31(34)32-25-12-10-24(11-13-25)21-39-27-8-6-5-7-9-27/h5-19H,20-21H2,1-4H3,(H,32,34). The predicted octanol–water partition coefficient (Wildman–Crippen LogP) is 6.45. The van der Waals surface area contributed by atoms with Gasteiger partial charge in [0.15, 0.2) is 11.5 Å². The normalized spacial score (nSPS) is 11.1. The number of amides is 1. The topological polar surface area (TPSA) is 84.9 Å². The molecule has 0 aliphatic heterocycles. The predicted molar refractivity (Wildman–Crippen MR) is 161 cm³/mol. The third-order valence-electron chi connectivity index (χ3n) is 6.11. The molecule has 0 unspecified atom stereocenters. The van der Waals surface area contributed by atoms with Gasteiger partial charge >= 0.3 is 0 Å². The van der Waals surface area contributed by atoms with Gasteiger partial charge in [0.2, 0.25) is 5.91 Å². The minimum atomic E-state index is -4.14. The van der Waals surface area contributed by atoms with E-state index in [2.05, 4.69) is 17.4 Å². The van der Waals surface area contributed by atoms with Crippen LogP contribution in [0.15, 0.2) is 101 Å². The summed E-state index contributed by atoms with van der Waals surface area (Å²) in [5, 5.41) is 2.84. The van der Waals surface area contributed by atoms with E-state index < -0.39 is 22.5 Å². The van der Waals surface area contributed by atoms with E-state index in [9.17, 15) is 13.2 Å². The first kappa shape index (κ1) is 29.0. The van der Waals surface area contributed by atoms with Crippen molar-refractivity contribution in [2.75, 3.05) is 30.4 Å². The average Bonchev–Trinajstić information content (AvgIpc) is 2.95. The van der Waals surface area contributed by atoms with E-state index in [4.69, 9.17) is 9.47 Å². The number of carbonyl (C=O) groups is 1. The van der Waals surface area contributed by atoms with E-state index in [1.165, 1.54) is 37.3 Å². The van der Waals surface area contributed by atoms with E-state index in [0.717, 1.165) is 26.7 Å². The molecular weight excluding hydrogens is 544 g/mol. The highest BCUT2D eigenvalue weighted by molar-refractivity contribution is 7.98. The van der Waals surface area contributed by atoms with E-state index in [-0.39, 0.29) is 10.6 Å². The summed E-state index contributed by atoms with van der Waals surface area (Å²) in [7, 11) is -1.22. The molecule has 4 rings (SSSR count). The molecule has 0 fully saturated rings. The Morgan fingerprint density at radius 3 is 2.10 bits per heavy atom. The Morgan fingerprint density at radius 2 is 1.48 bits per heavy atom. The van der Waals surface area contributed by atoms with Crippen molar-refractivity contribution in [2.24, 2.45) is 0 Å². The monoisotopic (exact) mass is 576 g/mol. The molecule has 40 heavy (non-hydrogen) atoms. The fraction of sp³-hybridized carbons (Fsp3) is 0.194. The molecule has 7 nitrogen and oxygen atoms in total. The van der Waals surface area contributed by atoms with Crippen molar-refractivity contribution in [1.29, 1.82) is 0 Å². The number of carbonyl (C=O) groups excluding carboxylic acids is 1. The van der Waals surface area contributed by atoms with Gasteiger partial charge in [0.05, 0.1) is 24.8 Å². The van der Waals surface area contributed by atoms with Crippen LogP contribution in [0.4, 0.5) is 11.4 Å². The van der Waals surface area contributed by atoms with Gasteiger partial charge in [0.25, 0.3) is 10.0 Å². The molecule has 9 heteroatoms. The SMILES string of the molecule is COc1ccc(S(=O)(=O)N(CC(=O)Nc2ccc(CSc3ccccc3)cc2)c2cc(C)cc(C)c2)cc1OC. The lowest BCUT2D eigenvalue weighted by atomic mass is 10.1.